The fourth-order valence-electron chi connectivity index (χ4n) is 2.84. The third-order valence-electron chi connectivity index (χ3n) is 3.94. The van der Waals surface area contributed by atoms with Crippen LogP contribution >= 0.6 is 15.9 Å². The molecule has 1 aliphatic rings. The Hall–Kier alpha value is -1.12. The number of halogens is 1. The van der Waals surface area contributed by atoms with E-state index in [-0.39, 0.29) is 0 Å². The number of ether oxygens (including phenoxy) is 1. The summed E-state index contributed by atoms with van der Waals surface area (Å²) in [6.45, 7) is 2.12. The average Bonchev–Trinajstić information content (AvgIpc) is 3.15. The number of methoxy groups -OCH3 is 1. The van der Waals surface area contributed by atoms with Crippen molar-refractivity contribution in [2.24, 2.45) is 0 Å². The molecule has 0 radical (unpaired) electrons. The largest absolute Gasteiger partial charge is 0.380 e. The van der Waals surface area contributed by atoms with Gasteiger partial charge >= 0.3 is 0 Å². The van der Waals surface area contributed by atoms with Crippen LogP contribution < -0.4 is 0 Å². The Bertz CT molecular complexity index is 507. The second-order valence-corrected chi connectivity index (χ2v) is 6.13. The van der Waals surface area contributed by atoms with Crippen molar-refractivity contribution in [2.45, 2.75) is 24.9 Å². The molecule has 2 aromatic rings. The van der Waals surface area contributed by atoms with E-state index in [1.807, 2.05) is 7.11 Å². The second kappa shape index (κ2) is 5.10. The van der Waals surface area contributed by atoms with Gasteiger partial charge in [-0.25, -0.2) is 0 Å². The van der Waals surface area contributed by atoms with E-state index in [0.29, 0.717) is 17.9 Å². The number of benzene rings is 2. The minimum absolute atomic E-state index is 0.309. The maximum atomic E-state index is 5.64. The van der Waals surface area contributed by atoms with E-state index in [1.165, 1.54) is 16.7 Å². The molecule has 1 nitrogen and oxygen atoms in total. The van der Waals surface area contributed by atoms with Crippen LogP contribution in [-0.4, -0.2) is 13.2 Å². The van der Waals surface area contributed by atoms with Gasteiger partial charge < -0.3 is 4.74 Å². The van der Waals surface area contributed by atoms with Crippen molar-refractivity contribution in [3.05, 3.63) is 69.7 Å². The number of hydrogen-bond donors (Lipinski definition) is 0. The van der Waals surface area contributed by atoms with Gasteiger partial charge in [0.25, 0.3) is 0 Å². The molecule has 1 unspecified atom stereocenters. The van der Waals surface area contributed by atoms with E-state index in [2.05, 4.69) is 71.4 Å². The standard InChI is InChI=1S/C17H17BrO/c1-11-3-5-12(6-4-11)15-16(17(15)19-2)13-7-9-14(18)10-8-13/h3-10,15-17H,1-2H3/t15-,16-,17?/m0/s1. The smallest absolute Gasteiger partial charge is 0.0721 e. The van der Waals surface area contributed by atoms with E-state index in [9.17, 15) is 0 Å². The topological polar surface area (TPSA) is 9.23 Å². The van der Waals surface area contributed by atoms with E-state index >= 15 is 0 Å². The van der Waals surface area contributed by atoms with Gasteiger partial charge in [-0.3, -0.25) is 0 Å². The highest BCUT2D eigenvalue weighted by molar-refractivity contribution is 9.10. The highest BCUT2D eigenvalue weighted by Gasteiger charge is 2.52. The number of aryl methyl sites for hydroxylation is 1. The van der Waals surface area contributed by atoms with Crippen LogP contribution in [0.2, 0.25) is 0 Å². The molecule has 0 saturated heterocycles. The molecule has 0 heterocycles. The molecular weight excluding hydrogens is 300 g/mol. The molecule has 0 spiro atoms. The van der Waals surface area contributed by atoms with Gasteiger partial charge in [-0.1, -0.05) is 57.9 Å². The Labute approximate surface area is 122 Å². The van der Waals surface area contributed by atoms with Gasteiger partial charge in [0.1, 0.15) is 0 Å². The van der Waals surface area contributed by atoms with Crippen LogP contribution in [0.25, 0.3) is 0 Å². The fourth-order valence-corrected chi connectivity index (χ4v) is 3.11. The maximum absolute atomic E-state index is 5.64. The van der Waals surface area contributed by atoms with Crippen molar-refractivity contribution in [2.75, 3.05) is 7.11 Å². The van der Waals surface area contributed by atoms with Crippen molar-refractivity contribution >= 4 is 15.9 Å². The zero-order chi connectivity index (χ0) is 13.4. The minimum Gasteiger partial charge on any atom is -0.380 e. The predicted molar refractivity (Wildman–Crippen MR) is 81.6 cm³/mol. The van der Waals surface area contributed by atoms with E-state index in [4.69, 9.17) is 4.74 Å². The van der Waals surface area contributed by atoms with Crippen LogP contribution in [0.4, 0.5) is 0 Å². The van der Waals surface area contributed by atoms with Crippen molar-refractivity contribution in [1.29, 1.82) is 0 Å². The normalized spacial score (nSPS) is 25.3. The summed E-state index contributed by atoms with van der Waals surface area (Å²) < 4.78 is 6.77. The van der Waals surface area contributed by atoms with E-state index < -0.39 is 0 Å². The first kappa shape index (κ1) is 12.9. The van der Waals surface area contributed by atoms with Crippen molar-refractivity contribution in [1.82, 2.24) is 0 Å². The van der Waals surface area contributed by atoms with Gasteiger partial charge in [-0.2, -0.15) is 0 Å². The van der Waals surface area contributed by atoms with Gasteiger partial charge in [-0.15, -0.1) is 0 Å². The van der Waals surface area contributed by atoms with Crippen molar-refractivity contribution in [3.63, 3.8) is 0 Å². The summed E-state index contributed by atoms with van der Waals surface area (Å²) in [6, 6.07) is 17.4. The Balaban J connectivity index is 1.87. The molecular formula is C17H17BrO. The second-order valence-electron chi connectivity index (χ2n) is 5.21. The molecule has 98 valence electrons. The third-order valence-corrected chi connectivity index (χ3v) is 4.47. The summed E-state index contributed by atoms with van der Waals surface area (Å²) in [4.78, 5) is 0. The Morgan fingerprint density at radius 2 is 1.32 bits per heavy atom. The van der Waals surface area contributed by atoms with Crippen LogP contribution in [0.1, 0.15) is 28.5 Å². The molecule has 1 aliphatic carbocycles. The summed E-state index contributed by atoms with van der Waals surface area (Å²) >= 11 is 3.48. The predicted octanol–water partition coefficient (Wildman–Crippen LogP) is 4.65. The van der Waals surface area contributed by atoms with Gasteiger partial charge in [-0.05, 0) is 30.2 Å². The lowest BCUT2D eigenvalue weighted by Gasteiger charge is -2.01. The van der Waals surface area contributed by atoms with E-state index in [0.717, 1.165) is 4.47 Å². The van der Waals surface area contributed by atoms with Gasteiger partial charge in [0, 0.05) is 23.4 Å². The molecule has 0 bridgehead atoms. The summed E-state index contributed by atoms with van der Waals surface area (Å²) in [7, 11) is 1.81. The molecule has 0 aliphatic heterocycles. The first-order chi connectivity index (χ1) is 9.20. The molecule has 3 atom stereocenters. The quantitative estimate of drug-likeness (QED) is 0.800. The minimum atomic E-state index is 0.309. The zero-order valence-corrected chi connectivity index (χ0v) is 12.7. The molecule has 1 fully saturated rings. The maximum Gasteiger partial charge on any atom is 0.0721 e. The molecule has 2 aromatic carbocycles. The molecule has 3 rings (SSSR count). The molecule has 0 amide bonds. The number of hydrogen-bond acceptors (Lipinski definition) is 1. The van der Waals surface area contributed by atoms with Crippen LogP contribution in [-0.2, 0) is 4.74 Å². The van der Waals surface area contributed by atoms with Crippen LogP contribution in [0, 0.1) is 6.92 Å². The lowest BCUT2D eigenvalue weighted by atomic mass is 10.0. The Morgan fingerprint density at radius 1 is 0.842 bits per heavy atom. The highest BCUT2D eigenvalue weighted by Crippen LogP contribution is 2.56. The van der Waals surface area contributed by atoms with Crippen molar-refractivity contribution < 1.29 is 4.74 Å². The highest BCUT2D eigenvalue weighted by atomic mass is 79.9. The van der Waals surface area contributed by atoms with Gasteiger partial charge in [0.2, 0.25) is 0 Å². The first-order valence-electron chi connectivity index (χ1n) is 6.55. The Morgan fingerprint density at radius 3 is 1.79 bits per heavy atom. The van der Waals surface area contributed by atoms with Crippen molar-refractivity contribution in [3.8, 4) is 0 Å². The van der Waals surface area contributed by atoms with Crippen LogP contribution in [0.15, 0.2) is 53.0 Å². The van der Waals surface area contributed by atoms with Crippen LogP contribution in [0.3, 0.4) is 0 Å². The van der Waals surface area contributed by atoms with Gasteiger partial charge in [0.15, 0.2) is 0 Å². The van der Waals surface area contributed by atoms with E-state index in [1.54, 1.807) is 0 Å². The lowest BCUT2D eigenvalue weighted by Crippen LogP contribution is -1.91. The third kappa shape index (κ3) is 2.47. The molecule has 2 heteroatoms. The molecule has 19 heavy (non-hydrogen) atoms. The number of rotatable bonds is 3. The summed E-state index contributed by atoms with van der Waals surface area (Å²) in [5.74, 6) is 0.979. The summed E-state index contributed by atoms with van der Waals surface area (Å²) in [5, 5.41) is 0. The summed E-state index contributed by atoms with van der Waals surface area (Å²) in [6.07, 6.45) is 0.309. The van der Waals surface area contributed by atoms with Crippen LogP contribution in [0.5, 0.6) is 0 Å². The fraction of sp³-hybridized carbons (Fsp3) is 0.294. The average molecular weight is 317 g/mol. The zero-order valence-electron chi connectivity index (χ0n) is 11.1. The monoisotopic (exact) mass is 316 g/mol. The van der Waals surface area contributed by atoms with Gasteiger partial charge in [0.05, 0.1) is 6.10 Å². The Kier molecular flexibility index (Phi) is 3.46. The lowest BCUT2D eigenvalue weighted by molar-refractivity contribution is 0.173. The molecule has 0 aromatic heterocycles. The summed E-state index contributed by atoms with van der Waals surface area (Å²) in [5.41, 5.74) is 4.05. The molecule has 0 N–H and O–H groups in total. The first-order valence-corrected chi connectivity index (χ1v) is 7.35. The molecule has 1 saturated carbocycles. The SMILES string of the molecule is COC1[C@@H](c2ccc(C)cc2)[C@@H]1c1ccc(Br)cc1.